The van der Waals surface area contributed by atoms with Gasteiger partial charge in [-0.3, -0.25) is 0 Å². The predicted molar refractivity (Wildman–Crippen MR) is 60.6 cm³/mol. The molecule has 2 aromatic rings. The van der Waals surface area contributed by atoms with Crippen LogP contribution in [-0.4, -0.2) is 16.5 Å². The first kappa shape index (κ1) is 9.21. The number of nitrogen functional groups attached to an aromatic ring is 1. The van der Waals surface area contributed by atoms with E-state index in [9.17, 15) is 0 Å². The van der Waals surface area contributed by atoms with E-state index in [4.69, 9.17) is 5.73 Å². The summed E-state index contributed by atoms with van der Waals surface area (Å²) in [7, 11) is 0. The number of anilines is 2. The first-order valence-electron chi connectivity index (χ1n) is 4.56. The van der Waals surface area contributed by atoms with Gasteiger partial charge in [0.25, 0.3) is 0 Å². The number of fused-ring (bicyclic) bond motifs is 1. The number of hydrogen-bond donors (Lipinski definition) is 2. The van der Waals surface area contributed by atoms with Gasteiger partial charge in [0.2, 0.25) is 5.95 Å². The molecule has 0 saturated heterocycles. The summed E-state index contributed by atoms with van der Waals surface area (Å²) in [6, 6.07) is 1.94. The van der Waals surface area contributed by atoms with Crippen molar-refractivity contribution in [3.05, 3.63) is 11.4 Å². The van der Waals surface area contributed by atoms with Gasteiger partial charge in [0.1, 0.15) is 10.6 Å². The number of nitrogens with zero attached hydrogens (tertiary/aromatic N) is 2. The molecule has 0 aromatic carbocycles. The highest BCUT2D eigenvalue weighted by Gasteiger charge is 2.04. The van der Waals surface area contributed by atoms with Crippen LogP contribution in [0.5, 0.6) is 0 Å². The van der Waals surface area contributed by atoms with E-state index >= 15 is 0 Å². The fourth-order valence-corrected chi connectivity index (χ4v) is 1.97. The van der Waals surface area contributed by atoms with Crippen LogP contribution >= 0.6 is 11.3 Å². The largest absolute Gasteiger partial charge is 0.383 e. The standard InChI is InChI=1S/C9H12N4S/c1-2-4-11-9-12-7(10)6-3-5-14-8(6)13-9/h3,5H,2,4H2,1H3,(H3,10,11,12,13). The summed E-state index contributed by atoms with van der Waals surface area (Å²) in [6.07, 6.45) is 1.05. The summed E-state index contributed by atoms with van der Waals surface area (Å²) in [5.74, 6) is 1.18. The van der Waals surface area contributed by atoms with Crippen LogP contribution in [0.1, 0.15) is 13.3 Å². The second-order valence-corrected chi connectivity index (χ2v) is 3.89. The molecule has 14 heavy (non-hydrogen) atoms. The monoisotopic (exact) mass is 208 g/mol. The van der Waals surface area contributed by atoms with Crippen molar-refractivity contribution in [1.82, 2.24) is 9.97 Å². The predicted octanol–water partition coefficient (Wildman–Crippen LogP) is 2.10. The Morgan fingerprint density at radius 3 is 3.14 bits per heavy atom. The van der Waals surface area contributed by atoms with Gasteiger partial charge >= 0.3 is 0 Å². The van der Waals surface area contributed by atoms with E-state index in [0.717, 1.165) is 23.2 Å². The summed E-state index contributed by atoms with van der Waals surface area (Å²) < 4.78 is 0. The molecule has 2 aromatic heterocycles. The van der Waals surface area contributed by atoms with Crippen LogP contribution in [0.25, 0.3) is 10.2 Å². The third-order valence-electron chi connectivity index (χ3n) is 1.89. The van der Waals surface area contributed by atoms with Crippen LogP contribution in [0.3, 0.4) is 0 Å². The Balaban J connectivity index is 2.38. The van der Waals surface area contributed by atoms with Crippen LogP contribution in [0, 0.1) is 0 Å². The maximum atomic E-state index is 5.79. The number of nitrogens with two attached hydrogens (primary N) is 1. The summed E-state index contributed by atoms with van der Waals surface area (Å²) in [5, 5.41) is 6.03. The number of hydrogen-bond acceptors (Lipinski definition) is 5. The molecule has 0 amide bonds. The van der Waals surface area contributed by atoms with Gasteiger partial charge in [-0.05, 0) is 17.9 Å². The summed E-state index contributed by atoms with van der Waals surface area (Å²) in [6.45, 7) is 2.97. The van der Waals surface area contributed by atoms with Gasteiger partial charge in [0, 0.05) is 6.54 Å². The summed E-state index contributed by atoms with van der Waals surface area (Å²) in [5.41, 5.74) is 5.79. The van der Waals surface area contributed by atoms with E-state index in [1.807, 2.05) is 11.4 Å². The van der Waals surface area contributed by atoms with Gasteiger partial charge in [-0.2, -0.15) is 4.98 Å². The highest BCUT2D eigenvalue weighted by molar-refractivity contribution is 7.16. The summed E-state index contributed by atoms with van der Waals surface area (Å²) in [4.78, 5) is 9.46. The molecular weight excluding hydrogens is 196 g/mol. The maximum absolute atomic E-state index is 5.79. The van der Waals surface area contributed by atoms with Gasteiger partial charge in [-0.1, -0.05) is 6.92 Å². The molecule has 0 aliphatic carbocycles. The average Bonchev–Trinajstić information content (AvgIpc) is 2.63. The van der Waals surface area contributed by atoms with E-state index in [1.165, 1.54) is 0 Å². The molecule has 0 bridgehead atoms. The van der Waals surface area contributed by atoms with Crippen LogP contribution in [0.2, 0.25) is 0 Å². The fourth-order valence-electron chi connectivity index (χ4n) is 1.19. The Morgan fingerprint density at radius 1 is 1.50 bits per heavy atom. The molecule has 0 fully saturated rings. The third-order valence-corrected chi connectivity index (χ3v) is 2.69. The lowest BCUT2D eigenvalue weighted by Crippen LogP contribution is -2.05. The SMILES string of the molecule is CCCNc1nc(N)c2ccsc2n1. The minimum Gasteiger partial charge on any atom is -0.383 e. The first-order valence-corrected chi connectivity index (χ1v) is 5.44. The second-order valence-electron chi connectivity index (χ2n) is 3.00. The lowest BCUT2D eigenvalue weighted by molar-refractivity contribution is 0.959. The quantitative estimate of drug-likeness (QED) is 0.810. The Bertz CT molecular complexity index is 437. The minimum absolute atomic E-state index is 0.551. The molecule has 0 radical (unpaired) electrons. The maximum Gasteiger partial charge on any atom is 0.226 e. The van der Waals surface area contributed by atoms with E-state index in [1.54, 1.807) is 11.3 Å². The minimum atomic E-state index is 0.551. The molecule has 0 aliphatic rings. The molecule has 2 heterocycles. The molecule has 0 atom stereocenters. The Kier molecular flexibility index (Phi) is 2.49. The highest BCUT2D eigenvalue weighted by Crippen LogP contribution is 2.23. The van der Waals surface area contributed by atoms with E-state index in [-0.39, 0.29) is 0 Å². The lowest BCUT2D eigenvalue weighted by Gasteiger charge is -2.03. The third kappa shape index (κ3) is 1.63. The van der Waals surface area contributed by atoms with E-state index in [0.29, 0.717) is 11.8 Å². The van der Waals surface area contributed by atoms with Crippen molar-refractivity contribution in [2.24, 2.45) is 0 Å². The van der Waals surface area contributed by atoms with Crippen LogP contribution in [-0.2, 0) is 0 Å². The van der Waals surface area contributed by atoms with Gasteiger partial charge in [0.05, 0.1) is 5.39 Å². The molecule has 0 aliphatic heterocycles. The van der Waals surface area contributed by atoms with E-state index < -0.39 is 0 Å². The Morgan fingerprint density at radius 2 is 2.36 bits per heavy atom. The average molecular weight is 208 g/mol. The Labute approximate surface area is 86.2 Å². The van der Waals surface area contributed by atoms with Gasteiger partial charge in [0.15, 0.2) is 0 Å². The van der Waals surface area contributed by atoms with Crippen molar-refractivity contribution in [3.8, 4) is 0 Å². The van der Waals surface area contributed by atoms with Gasteiger partial charge < -0.3 is 11.1 Å². The zero-order valence-corrected chi connectivity index (χ0v) is 8.77. The second kappa shape index (κ2) is 3.79. The summed E-state index contributed by atoms with van der Waals surface area (Å²) >= 11 is 1.58. The van der Waals surface area contributed by atoms with Crippen molar-refractivity contribution in [3.63, 3.8) is 0 Å². The molecule has 74 valence electrons. The Hall–Kier alpha value is -1.36. The van der Waals surface area contributed by atoms with Crippen LogP contribution < -0.4 is 11.1 Å². The molecule has 4 nitrogen and oxygen atoms in total. The number of thiophene rings is 1. The fraction of sp³-hybridized carbons (Fsp3) is 0.333. The van der Waals surface area contributed by atoms with Crippen molar-refractivity contribution >= 4 is 33.3 Å². The van der Waals surface area contributed by atoms with Gasteiger partial charge in [-0.25, -0.2) is 4.98 Å². The molecule has 0 unspecified atom stereocenters. The molecule has 5 heteroatoms. The molecular formula is C9H12N4S. The van der Waals surface area contributed by atoms with Crippen LogP contribution in [0.4, 0.5) is 11.8 Å². The van der Waals surface area contributed by atoms with Crippen molar-refractivity contribution in [2.45, 2.75) is 13.3 Å². The number of aromatic nitrogens is 2. The van der Waals surface area contributed by atoms with Crippen molar-refractivity contribution < 1.29 is 0 Å². The molecule has 2 rings (SSSR count). The lowest BCUT2D eigenvalue weighted by atomic mass is 10.4. The van der Waals surface area contributed by atoms with Crippen molar-refractivity contribution in [2.75, 3.05) is 17.6 Å². The smallest absolute Gasteiger partial charge is 0.226 e. The zero-order chi connectivity index (χ0) is 9.97. The van der Waals surface area contributed by atoms with Crippen LogP contribution in [0.15, 0.2) is 11.4 Å². The number of rotatable bonds is 3. The molecule has 3 N–H and O–H groups in total. The van der Waals surface area contributed by atoms with Crippen molar-refractivity contribution in [1.29, 1.82) is 0 Å². The topological polar surface area (TPSA) is 63.8 Å². The molecule has 0 saturated carbocycles. The zero-order valence-electron chi connectivity index (χ0n) is 7.95. The highest BCUT2D eigenvalue weighted by atomic mass is 32.1. The van der Waals surface area contributed by atoms with E-state index in [2.05, 4.69) is 22.2 Å². The number of nitrogens with one attached hydrogen (secondary N) is 1. The molecule has 0 spiro atoms. The normalized spacial score (nSPS) is 10.6. The first-order chi connectivity index (χ1) is 6.81. The van der Waals surface area contributed by atoms with Gasteiger partial charge in [-0.15, -0.1) is 11.3 Å².